The first-order valence-corrected chi connectivity index (χ1v) is 9.73. The monoisotopic (exact) mass is 350 g/mol. The lowest BCUT2D eigenvalue weighted by Gasteiger charge is -2.20. The van der Waals surface area contributed by atoms with Gasteiger partial charge in [0.2, 0.25) is 11.8 Å². The van der Waals surface area contributed by atoms with E-state index in [9.17, 15) is 18.0 Å². The highest BCUT2D eigenvalue weighted by Crippen LogP contribution is 2.11. The Balaban J connectivity index is 1.87. The van der Waals surface area contributed by atoms with Crippen molar-refractivity contribution >= 4 is 27.7 Å². The van der Waals surface area contributed by atoms with Crippen molar-refractivity contribution in [1.82, 2.24) is 10.2 Å². The number of sulfone groups is 1. The number of nitrogens with zero attached hydrogens (tertiary/aromatic N) is 1. The summed E-state index contributed by atoms with van der Waals surface area (Å²) in [6.45, 7) is 2.11. The van der Waals surface area contributed by atoms with Gasteiger partial charge in [0.1, 0.15) is 0 Å². The number of amides is 2. The lowest BCUT2D eigenvalue weighted by molar-refractivity contribution is -0.132. The highest BCUT2D eigenvalue weighted by molar-refractivity contribution is 7.91. The minimum Gasteiger partial charge on any atom is -0.351 e. The van der Waals surface area contributed by atoms with E-state index in [1.807, 2.05) is 30.3 Å². The molecule has 6 nitrogen and oxygen atoms in total. The molecule has 0 spiro atoms. The summed E-state index contributed by atoms with van der Waals surface area (Å²) in [6.07, 6.45) is 3.57. The summed E-state index contributed by atoms with van der Waals surface area (Å²) in [5.74, 6) is -0.503. The first-order valence-electron chi connectivity index (χ1n) is 7.91. The van der Waals surface area contributed by atoms with Gasteiger partial charge in [-0.3, -0.25) is 9.59 Å². The summed E-state index contributed by atoms with van der Waals surface area (Å²) in [5, 5.41) is 2.69. The van der Waals surface area contributed by atoms with Gasteiger partial charge in [-0.2, -0.15) is 0 Å². The van der Waals surface area contributed by atoms with Gasteiger partial charge in [-0.1, -0.05) is 30.3 Å². The van der Waals surface area contributed by atoms with Crippen molar-refractivity contribution in [3.05, 3.63) is 42.0 Å². The molecule has 2 rings (SSSR count). The van der Waals surface area contributed by atoms with E-state index in [1.54, 1.807) is 13.0 Å². The summed E-state index contributed by atoms with van der Waals surface area (Å²) < 4.78 is 22.8. The van der Waals surface area contributed by atoms with Crippen molar-refractivity contribution in [2.45, 2.75) is 19.4 Å². The normalized spacial score (nSPS) is 19.3. The molecular formula is C17H22N2O4S. The maximum absolute atomic E-state index is 12.2. The molecule has 7 heteroatoms. The van der Waals surface area contributed by atoms with Crippen LogP contribution in [0.15, 0.2) is 36.4 Å². The van der Waals surface area contributed by atoms with Crippen LogP contribution in [-0.2, 0) is 19.4 Å². The van der Waals surface area contributed by atoms with Crippen molar-refractivity contribution < 1.29 is 18.0 Å². The van der Waals surface area contributed by atoms with Crippen LogP contribution < -0.4 is 5.32 Å². The van der Waals surface area contributed by atoms with Crippen molar-refractivity contribution in [2.24, 2.45) is 0 Å². The molecule has 1 aliphatic heterocycles. The standard InChI is InChI=1S/C17H22N2O4S/c1-2-19(17(21)9-8-14-6-4-3-5-7-14)12-16(20)18-15-10-11-24(22,23)13-15/h3-9,15H,2,10-13H2,1H3,(H,18,20)/b9-8-/t15-/m1/s1. The number of likely N-dealkylation sites (N-methyl/N-ethyl adjacent to an activating group) is 1. The summed E-state index contributed by atoms with van der Waals surface area (Å²) >= 11 is 0. The van der Waals surface area contributed by atoms with Crippen molar-refractivity contribution in [3.8, 4) is 0 Å². The van der Waals surface area contributed by atoms with Gasteiger partial charge in [-0.05, 0) is 25.0 Å². The average Bonchev–Trinajstić information content (AvgIpc) is 2.89. The van der Waals surface area contributed by atoms with Gasteiger partial charge >= 0.3 is 0 Å². The Morgan fingerprint density at radius 1 is 1.29 bits per heavy atom. The topological polar surface area (TPSA) is 83.6 Å². The molecule has 0 aliphatic carbocycles. The summed E-state index contributed by atoms with van der Waals surface area (Å²) in [4.78, 5) is 25.6. The minimum absolute atomic E-state index is 0.0211. The average molecular weight is 350 g/mol. The van der Waals surface area contributed by atoms with Crippen LogP contribution in [0.1, 0.15) is 18.9 Å². The third-order valence-corrected chi connectivity index (χ3v) is 5.61. The maximum Gasteiger partial charge on any atom is 0.247 e. The van der Waals surface area contributed by atoms with Crippen LogP contribution in [0.5, 0.6) is 0 Å². The highest BCUT2D eigenvalue weighted by Gasteiger charge is 2.29. The van der Waals surface area contributed by atoms with Gasteiger partial charge in [-0.25, -0.2) is 8.42 Å². The molecule has 1 atom stereocenters. The molecule has 1 N–H and O–H groups in total. The van der Waals surface area contributed by atoms with Crippen LogP contribution in [-0.4, -0.2) is 55.8 Å². The fraction of sp³-hybridized carbons (Fsp3) is 0.412. The molecule has 1 aromatic rings. The zero-order valence-corrected chi connectivity index (χ0v) is 14.5. The number of hydrogen-bond donors (Lipinski definition) is 1. The number of carbonyl (C=O) groups excluding carboxylic acids is 2. The molecule has 0 saturated carbocycles. The second-order valence-electron chi connectivity index (χ2n) is 5.76. The Bertz CT molecular complexity index is 713. The van der Waals surface area contributed by atoms with E-state index in [0.29, 0.717) is 13.0 Å². The van der Waals surface area contributed by atoms with E-state index in [0.717, 1.165) is 5.56 Å². The molecule has 0 bridgehead atoms. The number of rotatable bonds is 6. The summed E-state index contributed by atoms with van der Waals surface area (Å²) in [7, 11) is -3.04. The van der Waals surface area contributed by atoms with E-state index in [1.165, 1.54) is 11.0 Å². The molecule has 1 heterocycles. The van der Waals surface area contributed by atoms with Gasteiger partial charge < -0.3 is 10.2 Å². The molecule has 0 radical (unpaired) electrons. The van der Waals surface area contributed by atoms with Gasteiger partial charge in [-0.15, -0.1) is 0 Å². The van der Waals surface area contributed by atoms with Crippen LogP contribution in [0, 0.1) is 0 Å². The Morgan fingerprint density at radius 2 is 2.00 bits per heavy atom. The SMILES string of the molecule is CCN(CC(=O)N[C@@H]1CCS(=O)(=O)C1)C(=O)/C=C\c1ccccc1. The summed E-state index contributed by atoms with van der Waals surface area (Å²) in [6, 6.07) is 9.07. The molecule has 1 aliphatic rings. The number of benzene rings is 1. The van der Waals surface area contributed by atoms with Gasteiger partial charge in [0.25, 0.3) is 0 Å². The van der Waals surface area contributed by atoms with E-state index >= 15 is 0 Å². The highest BCUT2D eigenvalue weighted by atomic mass is 32.2. The maximum atomic E-state index is 12.2. The molecule has 1 aromatic carbocycles. The lowest BCUT2D eigenvalue weighted by Crippen LogP contribution is -2.44. The second-order valence-corrected chi connectivity index (χ2v) is 7.99. The molecule has 1 saturated heterocycles. The lowest BCUT2D eigenvalue weighted by atomic mass is 10.2. The van der Waals surface area contributed by atoms with Crippen LogP contribution in [0.2, 0.25) is 0 Å². The fourth-order valence-corrected chi connectivity index (χ4v) is 4.21. The predicted octanol–water partition coefficient (Wildman–Crippen LogP) is 0.852. The minimum atomic E-state index is -3.04. The van der Waals surface area contributed by atoms with Gasteiger partial charge in [0.05, 0.1) is 18.1 Å². The zero-order valence-electron chi connectivity index (χ0n) is 13.6. The van der Waals surface area contributed by atoms with Crippen LogP contribution >= 0.6 is 0 Å². The van der Waals surface area contributed by atoms with Gasteiger partial charge in [0.15, 0.2) is 9.84 Å². The number of nitrogens with one attached hydrogen (secondary N) is 1. The zero-order chi connectivity index (χ0) is 17.6. The Labute approximate surface area is 142 Å². The van der Waals surface area contributed by atoms with Gasteiger partial charge in [0, 0.05) is 18.7 Å². The Hall–Kier alpha value is -2.15. The molecule has 24 heavy (non-hydrogen) atoms. The Morgan fingerprint density at radius 3 is 2.58 bits per heavy atom. The van der Waals surface area contributed by atoms with Crippen LogP contribution in [0.25, 0.3) is 6.08 Å². The molecular weight excluding hydrogens is 328 g/mol. The molecule has 0 aromatic heterocycles. The smallest absolute Gasteiger partial charge is 0.247 e. The molecule has 0 unspecified atom stereocenters. The molecule has 1 fully saturated rings. The predicted molar refractivity (Wildman–Crippen MR) is 92.9 cm³/mol. The summed E-state index contributed by atoms with van der Waals surface area (Å²) in [5.41, 5.74) is 0.905. The fourth-order valence-electron chi connectivity index (χ4n) is 2.54. The van der Waals surface area contributed by atoms with Crippen molar-refractivity contribution in [3.63, 3.8) is 0 Å². The first-order chi connectivity index (χ1) is 11.4. The van der Waals surface area contributed by atoms with Crippen molar-refractivity contribution in [1.29, 1.82) is 0 Å². The number of hydrogen-bond acceptors (Lipinski definition) is 4. The quantitative estimate of drug-likeness (QED) is 0.771. The third-order valence-electron chi connectivity index (χ3n) is 3.84. The molecule has 130 valence electrons. The van der Waals surface area contributed by atoms with E-state index < -0.39 is 9.84 Å². The Kier molecular flexibility index (Phi) is 6.14. The van der Waals surface area contributed by atoms with Crippen LogP contribution in [0.3, 0.4) is 0 Å². The second kappa shape index (κ2) is 8.10. The largest absolute Gasteiger partial charge is 0.351 e. The van der Waals surface area contributed by atoms with E-state index in [-0.39, 0.29) is 35.9 Å². The third kappa shape index (κ3) is 5.49. The van der Waals surface area contributed by atoms with E-state index in [2.05, 4.69) is 5.32 Å². The van der Waals surface area contributed by atoms with Crippen molar-refractivity contribution in [2.75, 3.05) is 24.6 Å². The first kappa shape index (κ1) is 18.2. The van der Waals surface area contributed by atoms with Crippen LogP contribution in [0.4, 0.5) is 0 Å². The van der Waals surface area contributed by atoms with E-state index in [4.69, 9.17) is 0 Å². The molecule has 2 amide bonds. The number of carbonyl (C=O) groups is 2.